The zero-order valence-electron chi connectivity index (χ0n) is 15.6. The van der Waals surface area contributed by atoms with E-state index in [1.54, 1.807) is 0 Å². The van der Waals surface area contributed by atoms with Crippen molar-refractivity contribution in [3.8, 4) is 0 Å². The quantitative estimate of drug-likeness (QED) is 0.608. The zero-order chi connectivity index (χ0) is 18.5. The van der Waals surface area contributed by atoms with E-state index in [2.05, 4.69) is 30.2 Å². The molecule has 4 nitrogen and oxygen atoms in total. The molecule has 0 aliphatic heterocycles. The summed E-state index contributed by atoms with van der Waals surface area (Å²) in [4.78, 5) is 16.3. The first kappa shape index (κ1) is 18.2. The van der Waals surface area contributed by atoms with E-state index in [1.807, 2.05) is 55.5 Å². The van der Waals surface area contributed by atoms with Crippen LogP contribution in [0.1, 0.15) is 49.6 Å². The van der Waals surface area contributed by atoms with E-state index in [1.165, 1.54) is 0 Å². The van der Waals surface area contributed by atoms with E-state index in [0.29, 0.717) is 13.2 Å². The van der Waals surface area contributed by atoms with Crippen molar-refractivity contribution in [3.05, 3.63) is 71.4 Å². The number of hydrogen-bond donors (Lipinski definition) is 2. The number of carbonyl (C=O) groups excluding carboxylic acids is 1. The van der Waals surface area contributed by atoms with Gasteiger partial charge in [-0.15, -0.1) is 0 Å². The van der Waals surface area contributed by atoms with Gasteiger partial charge < -0.3 is 9.72 Å². The van der Waals surface area contributed by atoms with Gasteiger partial charge in [0.1, 0.15) is 6.04 Å². The summed E-state index contributed by atoms with van der Waals surface area (Å²) in [7, 11) is 0. The normalized spacial score (nSPS) is 12.5. The lowest BCUT2D eigenvalue weighted by Gasteiger charge is -2.20. The monoisotopic (exact) mass is 350 g/mol. The van der Waals surface area contributed by atoms with E-state index in [-0.39, 0.29) is 11.9 Å². The molecule has 3 aromatic rings. The van der Waals surface area contributed by atoms with Crippen molar-refractivity contribution in [1.29, 1.82) is 0 Å². The molecule has 0 radical (unpaired) electrons. The molecule has 1 aromatic heterocycles. The molecule has 0 saturated carbocycles. The summed E-state index contributed by atoms with van der Waals surface area (Å²) in [5, 5.41) is 4.48. The summed E-state index contributed by atoms with van der Waals surface area (Å²) in [6.45, 7) is 7.06. The van der Waals surface area contributed by atoms with Crippen LogP contribution in [0.2, 0.25) is 0 Å². The average Bonchev–Trinajstić information content (AvgIpc) is 3.03. The van der Waals surface area contributed by atoms with Crippen LogP contribution in [0.3, 0.4) is 0 Å². The molecule has 0 amide bonds. The van der Waals surface area contributed by atoms with Gasteiger partial charge in [-0.2, -0.15) is 0 Å². The Morgan fingerprint density at radius 1 is 1.08 bits per heavy atom. The second-order valence-electron chi connectivity index (χ2n) is 6.70. The summed E-state index contributed by atoms with van der Waals surface area (Å²) >= 11 is 0. The third-order valence-corrected chi connectivity index (χ3v) is 4.52. The smallest absolute Gasteiger partial charge is 0.327 e. The summed E-state index contributed by atoms with van der Waals surface area (Å²) < 4.78 is 5.38. The highest BCUT2D eigenvalue weighted by atomic mass is 16.5. The van der Waals surface area contributed by atoms with Gasteiger partial charge in [-0.05, 0) is 24.5 Å². The van der Waals surface area contributed by atoms with Gasteiger partial charge in [0.05, 0.1) is 6.61 Å². The molecule has 0 fully saturated rings. The van der Waals surface area contributed by atoms with Gasteiger partial charge in [0.2, 0.25) is 0 Å². The highest BCUT2D eigenvalue weighted by Gasteiger charge is 2.28. The number of hydrogen-bond acceptors (Lipinski definition) is 3. The van der Waals surface area contributed by atoms with E-state index >= 15 is 0 Å². The number of aromatic nitrogens is 1. The Labute approximate surface area is 154 Å². The van der Waals surface area contributed by atoms with Crippen molar-refractivity contribution in [2.75, 3.05) is 6.61 Å². The van der Waals surface area contributed by atoms with E-state index in [0.717, 1.165) is 27.7 Å². The van der Waals surface area contributed by atoms with Crippen molar-refractivity contribution in [3.63, 3.8) is 0 Å². The third-order valence-electron chi connectivity index (χ3n) is 4.52. The minimum absolute atomic E-state index is 0.241. The fourth-order valence-corrected chi connectivity index (χ4v) is 3.30. The largest absolute Gasteiger partial charge is 0.465 e. The van der Waals surface area contributed by atoms with Gasteiger partial charge in [0, 0.05) is 28.7 Å². The molecular formula is C22H26N2O2. The maximum Gasteiger partial charge on any atom is 0.327 e. The van der Waals surface area contributed by atoms with Crippen molar-refractivity contribution < 1.29 is 9.53 Å². The SMILES string of the molecule is CCOC(=O)C(NCc1ccccc1)c1c(C(C)C)[nH]c2ccccc12. The Morgan fingerprint density at radius 2 is 1.77 bits per heavy atom. The van der Waals surface area contributed by atoms with Crippen LogP contribution in [0.5, 0.6) is 0 Å². The molecule has 1 unspecified atom stereocenters. The molecule has 0 spiro atoms. The molecule has 1 heterocycles. The summed E-state index contributed by atoms with van der Waals surface area (Å²) in [6, 6.07) is 17.7. The molecular weight excluding hydrogens is 324 g/mol. The number of benzene rings is 2. The first-order valence-electron chi connectivity index (χ1n) is 9.16. The fraction of sp³-hybridized carbons (Fsp3) is 0.318. The predicted molar refractivity (Wildman–Crippen MR) is 105 cm³/mol. The van der Waals surface area contributed by atoms with E-state index < -0.39 is 6.04 Å². The second-order valence-corrected chi connectivity index (χ2v) is 6.70. The van der Waals surface area contributed by atoms with Crippen molar-refractivity contribution >= 4 is 16.9 Å². The molecule has 0 saturated heterocycles. The fourth-order valence-electron chi connectivity index (χ4n) is 3.30. The molecule has 0 bridgehead atoms. The lowest BCUT2D eigenvalue weighted by atomic mass is 9.97. The first-order valence-corrected chi connectivity index (χ1v) is 9.16. The first-order chi connectivity index (χ1) is 12.6. The maximum atomic E-state index is 12.8. The highest BCUT2D eigenvalue weighted by molar-refractivity contribution is 5.91. The minimum atomic E-state index is -0.510. The summed E-state index contributed by atoms with van der Waals surface area (Å²) in [5.74, 6) is 0.0305. The van der Waals surface area contributed by atoms with Crippen LogP contribution < -0.4 is 5.32 Å². The second kappa shape index (κ2) is 8.19. The molecule has 2 N–H and O–H groups in total. The number of rotatable bonds is 7. The Balaban J connectivity index is 2.02. The topological polar surface area (TPSA) is 54.1 Å². The van der Waals surface area contributed by atoms with Crippen molar-refractivity contribution in [1.82, 2.24) is 10.3 Å². The van der Waals surface area contributed by atoms with Crippen LogP contribution in [0.25, 0.3) is 10.9 Å². The summed E-state index contributed by atoms with van der Waals surface area (Å²) in [6.07, 6.45) is 0. The number of nitrogens with one attached hydrogen (secondary N) is 2. The van der Waals surface area contributed by atoms with Crippen molar-refractivity contribution in [2.24, 2.45) is 0 Å². The van der Waals surface area contributed by atoms with Crippen LogP contribution in [0.15, 0.2) is 54.6 Å². The molecule has 26 heavy (non-hydrogen) atoms. The predicted octanol–water partition coefficient (Wildman–Crippen LogP) is 4.69. The molecule has 1 atom stereocenters. The lowest BCUT2D eigenvalue weighted by molar-refractivity contribution is -0.145. The average molecular weight is 350 g/mol. The van der Waals surface area contributed by atoms with E-state index in [9.17, 15) is 4.79 Å². The Bertz CT molecular complexity index is 868. The third kappa shape index (κ3) is 3.81. The van der Waals surface area contributed by atoms with Crippen LogP contribution >= 0.6 is 0 Å². The van der Waals surface area contributed by atoms with Crippen LogP contribution in [0, 0.1) is 0 Å². The van der Waals surface area contributed by atoms with Gasteiger partial charge in [-0.25, -0.2) is 4.79 Å². The standard InChI is InChI=1S/C22H26N2O2/c1-4-26-22(25)21(23-14-16-10-6-5-7-11-16)19-17-12-8-9-13-18(17)24-20(19)15(2)3/h5-13,15,21,23-24H,4,14H2,1-3H3. The minimum Gasteiger partial charge on any atom is -0.465 e. The maximum absolute atomic E-state index is 12.8. The Morgan fingerprint density at radius 3 is 2.46 bits per heavy atom. The van der Waals surface area contributed by atoms with Crippen LogP contribution in [-0.2, 0) is 16.1 Å². The number of H-pyrrole nitrogens is 1. The molecule has 0 aliphatic carbocycles. The van der Waals surface area contributed by atoms with Gasteiger partial charge in [-0.3, -0.25) is 5.32 Å². The number of fused-ring (bicyclic) bond motifs is 1. The molecule has 136 valence electrons. The highest BCUT2D eigenvalue weighted by Crippen LogP contribution is 2.33. The van der Waals surface area contributed by atoms with Gasteiger partial charge in [-0.1, -0.05) is 62.4 Å². The lowest BCUT2D eigenvalue weighted by Crippen LogP contribution is -2.30. The molecule has 0 aliphatic rings. The van der Waals surface area contributed by atoms with Gasteiger partial charge in [0.15, 0.2) is 0 Å². The number of para-hydroxylation sites is 1. The number of carbonyl (C=O) groups is 1. The summed E-state index contributed by atoms with van der Waals surface area (Å²) in [5.41, 5.74) is 4.24. The number of ether oxygens (including phenoxy) is 1. The number of esters is 1. The molecule has 3 rings (SSSR count). The van der Waals surface area contributed by atoms with E-state index in [4.69, 9.17) is 4.74 Å². The van der Waals surface area contributed by atoms with Crippen LogP contribution in [0.4, 0.5) is 0 Å². The van der Waals surface area contributed by atoms with Gasteiger partial charge >= 0.3 is 5.97 Å². The Kier molecular flexibility index (Phi) is 5.74. The number of aromatic amines is 1. The zero-order valence-corrected chi connectivity index (χ0v) is 15.6. The Hall–Kier alpha value is -2.59. The van der Waals surface area contributed by atoms with Crippen LogP contribution in [-0.4, -0.2) is 17.6 Å². The molecule has 4 heteroatoms. The molecule has 2 aromatic carbocycles. The van der Waals surface area contributed by atoms with Crippen molar-refractivity contribution in [2.45, 2.75) is 39.3 Å². The van der Waals surface area contributed by atoms with Gasteiger partial charge in [0.25, 0.3) is 0 Å².